The van der Waals surface area contributed by atoms with Gasteiger partial charge in [-0.05, 0) is 30.2 Å². The van der Waals surface area contributed by atoms with Crippen molar-refractivity contribution in [2.24, 2.45) is 5.92 Å². The third-order valence-corrected chi connectivity index (χ3v) is 5.98. The highest BCUT2D eigenvalue weighted by Crippen LogP contribution is 2.26. The first-order valence-corrected chi connectivity index (χ1v) is 11.9. The van der Waals surface area contributed by atoms with Crippen LogP contribution in [0.3, 0.4) is 0 Å². The fourth-order valence-corrected chi connectivity index (χ4v) is 4.06. The second kappa shape index (κ2) is 12.0. The van der Waals surface area contributed by atoms with E-state index in [9.17, 15) is 9.59 Å². The molecule has 0 aliphatic heterocycles. The number of aromatic nitrogens is 3. The zero-order valence-corrected chi connectivity index (χ0v) is 20.3. The SMILES string of the molecule is C=CCn1c(SCC(=O)Nc2cccc(OC)c2)nnc1[C@@H](NC(=O)c1ccccc1)C(C)C. The Kier molecular flexibility index (Phi) is 8.86. The van der Waals surface area contributed by atoms with Crippen molar-refractivity contribution in [3.8, 4) is 5.75 Å². The predicted octanol–water partition coefficient (Wildman–Crippen LogP) is 4.33. The molecule has 2 amide bonds. The molecule has 0 bridgehead atoms. The molecule has 8 nitrogen and oxygen atoms in total. The number of hydrogen-bond acceptors (Lipinski definition) is 6. The lowest BCUT2D eigenvalue weighted by Crippen LogP contribution is -2.33. The van der Waals surface area contributed by atoms with E-state index in [0.717, 1.165) is 0 Å². The molecule has 0 unspecified atom stereocenters. The predicted molar refractivity (Wildman–Crippen MR) is 134 cm³/mol. The Balaban J connectivity index is 1.73. The molecule has 9 heteroatoms. The van der Waals surface area contributed by atoms with Crippen LogP contribution < -0.4 is 15.4 Å². The molecule has 3 rings (SSSR count). The summed E-state index contributed by atoms with van der Waals surface area (Å²) in [5, 5.41) is 15.2. The Bertz CT molecular complexity index is 1130. The number of methoxy groups -OCH3 is 1. The summed E-state index contributed by atoms with van der Waals surface area (Å²) in [6, 6.07) is 15.9. The number of carbonyl (C=O) groups is 2. The Hall–Kier alpha value is -3.59. The summed E-state index contributed by atoms with van der Waals surface area (Å²) in [6.07, 6.45) is 1.74. The molecule has 0 spiro atoms. The topological polar surface area (TPSA) is 98.1 Å². The number of nitrogens with one attached hydrogen (secondary N) is 2. The van der Waals surface area contributed by atoms with Crippen LogP contribution in [0.1, 0.15) is 36.1 Å². The lowest BCUT2D eigenvalue weighted by molar-refractivity contribution is -0.113. The van der Waals surface area contributed by atoms with Gasteiger partial charge in [-0.15, -0.1) is 16.8 Å². The second-order valence-corrected chi connectivity index (χ2v) is 8.81. The van der Waals surface area contributed by atoms with Crippen LogP contribution in [0.15, 0.2) is 72.4 Å². The average Bonchev–Trinajstić information content (AvgIpc) is 3.23. The zero-order valence-electron chi connectivity index (χ0n) is 19.5. The molecule has 0 saturated heterocycles. The molecule has 2 aromatic carbocycles. The summed E-state index contributed by atoms with van der Waals surface area (Å²) in [7, 11) is 1.58. The average molecular weight is 480 g/mol. The van der Waals surface area contributed by atoms with Crippen molar-refractivity contribution in [2.45, 2.75) is 31.6 Å². The van der Waals surface area contributed by atoms with E-state index >= 15 is 0 Å². The van der Waals surface area contributed by atoms with Gasteiger partial charge in [0.1, 0.15) is 5.75 Å². The lowest BCUT2D eigenvalue weighted by Gasteiger charge is -2.22. The van der Waals surface area contributed by atoms with Crippen molar-refractivity contribution in [3.05, 3.63) is 78.6 Å². The van der Waals surface area contributed by atoms with Crippen molar-refractivity contribution in [3.63, 3.8) is 0 Å². The van der Waals surface area contributed by atoms with E-state index in [4.69, 9.17) is 4.74 Å². The van der Waals surface area contributed by atoms with Crippen LogP contribution in [-0.2, 0) is 11.3 Å². The number of thioether (sulfide) groups is 1. The van der Waals surface area contributed by atoms with Gasteiger partial charge in [0.05, 0.1) is 18.9 Å². The second-order valence-electron chi connectivity index (χ2n) is 7.87. The van der Waals surface area contributed by atoms with Gasteiger partial charge in [0.2, 0.25) is 5.91 Å². The summed E-state index contributed by atoms with van der Waals surface area (Å²) in [4.78, 5) is 25.3. The molecule has 178 valence electrons. The lowest BCUT2D eigenvalue weighted by atomic mass is 10.0. The summed E-state index contributed by atoms with van der Waals surface area (Å²) in [6.45, 7) is 8.31. The molecule has 1 heterocycles. The third-order valence-electron chi connectivity index (χ3n) is 5.01. The maximum Gasteiger partial charge on any atom is 0.251 e. The van der Waals surface area contributed by atoms with Gasteiger partial charge in [-0.25, -0.2) is 0 Å². The van der Waals surface area contributed by atoms with Crippen LogP contribution >= 0.6 is 11.8 Å². The van der Waals surface area contributed by atoms with Crippen molar-refractivity contribution < 1.29 is 14.3 Å². The smallest absolute Gasteiger partial charge is 0.251 e. The Morgan fingerprint density at radius 1 is 1.15 bits per heavy atom. The van der Waals surface area contributed by atoms with Gasteiger partial charge < -0.3 is 19.9 Å². The molecule has 34 heavy (non-hydrogen) atoms. The van der Waals surface area contributed by atoms with Gasteiger partial charge >= 0.3 is 0 Å². The molecule has 0 saturated carbocycles. The molecule has 1 aromatic heterocycles. The van der Waals surface area contributed by atoms with Gasteiger partial charge in [0, 0.05) is 23.9 Å². The molecule has 2 N–H and O–H groups in total. The van der Waals surface area contributed by atoms with Crippen LogP contribution in [0, 0.1) is 5.92 Å². The summed E-state index contributed by atoms with van der Waals surface area (Å²) < 4.78 is 7.07. The zero-order chi connectivity index (χ0) is 24.5. The number of allylic oxidation sites excluding steroid dienone is 1. The van der Waals surface area contributed by atoms with Crippen molar-refractivity contribution in [1.29, 1.82) is 0 Å². The fraction of sp³-hybridized carbons (Fsp3) is 0.280. The third kappa shape index (κ3) is 6.48. The first-order valence-electron chi connectivity index (χ1n) is 10.9. The number of rotatable bonds is 11. The van der Waals surface area contributed by atoms with Crippen LogP contribution in [0.4, 0.5) is 5.69 Å². The number of benzene rings is 2. The number of ether oxygens (including phenoxy) is 1. The minimum absolute atomic E-state index is 0.0645. The Labute approximate surface area is 203 Å². The van der Waals surface area contributed by atoms with E-state index in [1.165, 1.54) is 11.8 Å². The van der Waals surface area contributed by atoms with Crippen LogP contribution in [0.25, 0.3) is 0 Å². The molecular formula is C25H29N5O3S. The van der Waals surface area contributed by atoms with E-state index in [0.29, 0.717) is 34.5 Å². The minimum atomic E-state index is -0.361. The van der Waals surface area contributed by atoms with Gasteiger partial charge in [0.15, 0.2) is 11.0 Å². The summed E-state index contributed by atoms with van der Waals surface area (Å²) in [5.41, 5.74) is 1.23. The minimum Gasteiger partial charge on any atom is -0.497 e. The van der Waals surface area contributed by atoms with Gasteiger partial charge in [-0.3, -0.25) is 9.59 Å². The largest absolute Gasteiger partial charge is 0.497 e. The maximum atomic E-state index is 12.8. The van der Waals surface area contributed by atoms with E-state index in [1.807, 2.05) is 48.7 Å². The Morgan fingerprint density at radius 3 is 2.59 bits per heavy atom. The number of anilines is 1. The highest BCUT2D eigenvalue weighted by Gasteiger charge is 2.26. The first-order chi connectivity index (χ1) is 16.4. The molecule has 1 atom stereocenters. The maximum absolute atomic E-state index is 12.8. The number of carbonyl (C=O) groups excluding carboxylic acids is 2. The van der Waals surface area contributed by atoms with Gasteiger partial charge in [0.25, 0.3) is 5.91 Å². The molecule has 0 radical (unpaired) electrons. The fourth-order valence-electron chi connectivity index (χ4n) is 3.31. The van der Waals surface area contributed by atoms with E-state index in [1.54, 1.807) is 37.5 Å². The van der Waals surface area contributed by atoms with Crippen molar-refractivity contribution in [1.82, 2.24) is 20.1 Å². The summed E-state index contributed by atoms with van der Waals surface area (Å²) in [5.74, 6) is 1.14. The standard InChI is InChI=1S/C25H29N5O3S/c1-5-14-30-23(22(17(2)3)27-24(32)18-10-7-6-8-11-18)28-29-25(30)34-16-21(31)26-19-12-9-13-20(15-19)33-4/h5-13,15,17,22H,1,14,16H2,2-4H3,(H,26,31)(H,27,32)/t22-/m0/s1. The van der Waals surface area contributed by atoms with Crippen molar-refractivity contribution in [2.75, 3.05) is 18.2 Å². The van der Waals surface area contributed by atoms with Crippen molar-refractivity contribution >= 4 is 29.3 Å². The molecule has 0 aliphatic carbocycles. The molecule has 0 fully saturated rings. The summed E-state index contributed by atoms with van der Waals surface area (Å²) >= 11 is 1.28. The molecule has 3 aromatic rings. The van der Waals surface area contributed by atoms with E-state index < -0.39 is 0 Å². The van der Waals surface area contributed by atoms with Gasteiger partial charge in [-0.1, -0.05) is 56.0 Å². The van der Waals surface area contributed by atoms with E-state index in [-0.39, 0.29) is 29.5 Å². The first kappa shape index (κ1) is 25.0. The highest BCUT2D eigenvalue weighted by atomic mass is 32.2. The normalized spacial score (nSPS) is 11.6. The molecule has 0 aliphatic rings. The Morgan fingerprint density at radius 2 is 1.91 bits per heavy atom. The molecular weight excluding hydrogens is 450 g/mol. The quantitative estimate of drug-likeness (QED) is 0.314. The van der Waals surface area contributed by atoms with Crippen LogP contribution in [0.5, 0.6) is 5.75 Å². The number of amides is 2. The highest BCUT2D eigenvalue weighted by molar-refractivity contribution is 7.99. The number of hydrogen-bond donors (Lipinski definition) is 2. The number of nitrogens with zero attached hydrogens (tertiary/aromatic N) is 3. The van der Waals surface area contributed by atoms with Crippen LogP contribution in [0.2, 0.25) is 0 Å². The van der Waals surface area contributed by atoms with Gasteiger partial charge in [-0.2, -0.15) is 0 Å². The van der Waals surface area contributed by atoms with E-state index in [2.05, 4.69) is 27.4 Å². The monoisotopic (exact) mass is 479 g/mol. The van der Waals surface area contributed by atoms with Crippen LogP contribution in [-0.4, -0.2) is 39.4 Å².